The Labute approximate surface area is 128 Å². The fraction of sp³-hybridized carbons (Fsp3) is 0.312. The van der Waals surface area contributed by atoms with Crippen LogP contribution >= 0.6 is 0 Å². The summed E-state index contributed by atoms with van der Waals surface area (Å²) in [6, 6.07) is 3.79. The number of hydrogen-bond donors (Lipinski definition) is 2. The van der Waals surface area contributed by atoms with Crippen LogP contribution in [0.4, 0.5) is 0 Å². The van der Waals surface area contributed by atoms with Gasteiger partial charge in [-0.3, -0.25) is 14.6 Å². The van der Waals surface area contributed by atoms with Crippen LogP contribution in [0.15, 0.2) is 22.8 Å². The zero-order valence-corrected chi connectivity index (χ0v) is 12.8. The maximum Gasteiger partial charge on any atom is 0.311 e. The van der Waals surface area contributed by atoms with E-state index in [4.69, 9.17) is 9.52 Å². The molecule has 0 bridgehead atoms. The molecule has 22 heavy (non-hydrogen) atoms. The Morgan fingerprint density at radius 3 is 2.45 bits per heavy atom. The molecule has 0 atom stereocenters. The number of amides is 1. The second kappa shape index (κ2) is 6.43. The number of hydrogen-bond acceptors (Lipinski definition) is 4. The number of pyridine rings is 1. The lowest BCUT2D eigenvalue weighted by Crippen LogP contribution is -2.24. The van der Waals surface area contributed by atoms with Crippen molar-refractivity contribution in [3.05, 3.63) is 52.2 Å². The van der Waals surface area contributed by atoms with E-state index >= 15 is 0 Å². The van der Waals surface area contributed by atoms with Crippen LogP contribution in [0.1, 0.15) is 38.6 Å². The van der Waals surface area contributed by atoms with Crippen LogP contribution in [-0.2, 0) is 17.8 Å². The van der Waals surface area contributed by atoms with Gasteiger partial charge in [0.25, 0.3) is 5.91 Å². The summed E-state index contributed by atoms with van der Waals surface area (Å²) in [4.78, 5) is 27.4. The lowest BCUT2D eigenvalue weighted by molar-refractivity contribution is -0.136. The van der Waals surface area contributed by atoms with Crippen LogP contribution in [-0.4, -0.2) is 22.0 Å². The molecule has 0 unspecified atom stereocenters. The highest BCUT2D eigenvalue weighted by Gasteiger charge is 2.20. The molecule has 0 fully saturated rings. The van der Waals surface area contributed by atoms with Crippen LogP contribution in [0.3, 0.4) is 0 Å². The molecule has 0 saturated heterocycles. The second-order valence-corrected chi connectivity index (χ2v) is 5.23. The Bertz CT molecular complexity index is 699. The summed E-state index contributed by atoms with van der Waals surface area (Å²) in [5.74, 6) is -1.21. The van der Waals surface area contributed by atoms with Crippen LogP contribution in [0.2, 0.25) is 0 Å². The number of aromatic nitrogens is 1. The van der Waals surface area contributed by atoms with Gasteiger partial charge in [0.1, 0.15) is 12.2 Å². The molecule has 2 heterocycles. The highest BCUT2D eigenvalue weighted by Crippen LogP contribution is 2.17. The van der Waals surface area contributed by atoms with E-state index in [0.717, 1.165) is 17.0 Å². The fourth-order valence-corrected chi connectivity index (χ4v) is 2.36. The van der Waals surface area contributed by atoms with Crippen molar-refractivity contribution in [3.63, 3.8) is 0 Å². The van der Waals surface area contributed by atoms with Crippen LogP contribution < -0.4 is 5.32 Å². The monoisotopic (exact) mass is 302 g/mol. The third-order valence-electron chi connectivity index (χ3n) is 3.18. The average Bonchev–Trinajstić information content (AvgIpc) is 2.75. The molecule has 0 spiro atoms. The van der Waals surface area contributed by atoms with Crippen molar-refractivity contribution >= 4 is 11.9 Å². The Morgan fingerprint density at radius 1 is 1.23 bits per heavy atom. The number of carbonyl (C=O) groups excluding carboxylic acids is 1. The molecule has 1 amide bonds. The number of aryl methyl sites for hydroxylation is 3. The van der Waals surface area contributed by atoms with E-state index in [2.05, 4.69) is 10.3 Å². The zero-order chi connectivity index (χ0) is 16.3. The van der Waals surface area contributed by atoms with Crippen LogP contribution in [0.5, 0.6) is 0 Å². The predicted octanol–water partition coefficient (Wildman–Crippen LogP) is 2.16. The largest absolute Gasteiger partial charge is 0.481 e. The van der Waals surface area contributed by atoms with E-state index in [9.17, 15) is 9.59 Å². The first kappa shape index (κ1) is 15.8. The topological polar surface area (TPSA) is 92.4 Å². The van der Waals surface area contributed by atoms with Gasteiger partial charge >= 0.3 is 5.97 Å². The molecule has 0 aliphatic rings. The Hall–Kier alpha value is -2.63. The number of nitrogens with zero attached hydrogens (tertiary/aromatic N) is 1. The van der Waals surface area contributed by atoms with E-state index in [0.29, 0.717) is 17.7 Å². The number of aliphatic carboxylic acids is 1. The predicted molar refractivity (Wildman–Crippen MR) is 79.7 cm³/mol. The fourth-order valence-electron chi connectivity index (χ4n) is 2.36. The van der Waals surface area contributed by atoms with Crippen molar-refractivity contribution in [1.29, 1.82) is 0 Å². The normalized spacial score (nSPS) is 10.5. The molecule has 116 valence electrons. The lowest BCUT2D eigenvalue weighted by Gasteiger charge is -2.08. The van der Waals surface area contributed by atoms with Crippen molar-refractivity contribution in [2.45, 2.75) is 33.7 Å². The first-order valence-corrected chi connectivity index (χ1v) is 6.88. The molecular formula is C16H18N2O4. The highest BCUT2D eigenvalue weighted by molar-refractivity contribution is 5.97. The first-order chi connectivity index (χ1) is 10.4. The molecule has 0 radical (unpaired) electrons. The molecule has 2 aromatic heterocycles. The molecule has 0 aliphatic heterocycles. The van der Waals surface area contributed by atoms with Crippen molar-refractivity contribution in [1.82, 2.24) is 10.3 Å². The first-order valence-electron chi connectivity index (χ1n) is 6.88. The maximum absolute atomic E-state index is 12.3. The van der Waals surface area contributed by atoms with Gasteiger partial charge in [0, 0.05) is 23.5 Å². The Morgan fingerprint density at radius 2 is 1.86 bits per heavy atom. The molecule has 0 aliphatic carbocycles. The third-order valence-corrected chi connectivity index (χ3v) is 3.18. The van der Waals surface area contributed by atoms with Crippen molar-refractivity contribution in [2.24, 2.45) is 0 Å². The average molecular weight is 302 g/mol. The van der Waals surface area contributed by atoms with E-state index in [1.807, 2.05) is 26.0 Å². The summed E-state index contributed by atoms with van der Waals surface area (Å²) in [6.07, 6.45) is 1.08. The standard InChI is InChI=1S/C16H18N2O4/c1-9-8-22-13(6-14(19)20)15(9)16(21)17-7-12-4-10(2)18-11(3)5-12/h4-5,8H,6-7H2,1-3H3,(H,17,21)(H,19,20). The summed E-state index contributed by atoms with van der Waals surface area (Å²) >= 11 is 0. The van der Waals surface area contributed by atoms with Crippen molar-refractivity contribution in [3.8, 4) is 0 Å². The molecular weight excluding hydrogens is 284 g/mol. The Balaban J connectivity index is 2.12. The van der Waals surface area contributed by atoms with E-state index in [-0.39, 0.29) is 18.1 Å². The molecule has 2 N–H and O–H groups in total. The number of furan rings is 1. The molecule has 0 saturated carbocycles. The van der Waals surface area contributed by atoms with Gasteiger partial charge in [-0.25, -0.2) is 0 Å². The van der Waals surface area contributed by atoms with Gasteiger partial charge < -0.3 is 14.8 Å². The van der Waals surface area contributed by atoms with Gasteiger partial charge in [-0.15, -0.1) is 0 Å². The summed E-state index contributed by atoms with van der Waals surface area (Å²) in [6.45, 7) is 5.84. The molecule has 0 aromatic carbocycles. The highest BCUT2D eigenvalue weighted by atomic mass is 16.4. The smallest absolute Gasteiger partial charge is 0.311 e. The number of carboxylic acids is 1. The van der Waals surface area contributed by atoms with Gasteiger partial charge in [0.2, 0.25) is 0 Å². The molecule has 6 heteroatoms. The summed E-state index contributed by atoms with van der Waals surface area (Å²) in [5.41, 5.74) is 3.63. The minimum Gasteiger partial charge on any atom is -0.481 e. The van der Waals surface area contributed by atoms with Gasteiger partial charge in [-0.1, -0.05) is 0 Å². The van der Waals surface area contributed by atoms with Crippen LogP contribution in [0, 0.1) is 20.8 Å². The zero-order valence-electron chi connectivity index (χ0n) is 12.8. The second-order valence-electron chi connectivity index (χ2n) is 5.23. The van der Waals surface area contributed by atoms with Gasteiger partial charge in [0.15, 0.2) is 0 Å². The number of carboxylic acid groups (broad SMARTS) is 1. The third kappa shape index (κ3) is 3.72. The van der Waals surface area contributed by atoms with Crippen molar-refractivity contribution in [2.75, 3.05) is 0 Å². The summed E-state index contributed by atoms with van der Waals surface area (Å²) < 4.78 is 5.17. The van der Waals surface area contributed by atoms with E-state index < -0.39 is 5.97 Å². The minimum atomic E-state index is -1.04. The van der Waals surface area contributed by atoms with E-state index in [1.54, 1.807) is 6.92 Å². The molecule has 6 nitrogen and oxygen atoms in total. The molecule has 2 rings (SSSR count). The maximum atomic E-state index is 12.3. The quantitative estimate of drug-likeness (QED) is 0.883. The Kier molecular flexibility index (Phi) is 4.60. The molecule has 2 aromatic rings. The van der Waals surface area contributed by atoms with Gasteiger partial charge in [-0.2, -0.15) is 0 Å². The number of carbonyl (C=O) groups is 2. The van der Waals surface area contributed by atoms with Crippen LogP contribution in [0.25, 0.3) is 0 Å². The van der Waals surface area contributed by atoms with E-state index in [1.165, 1.54) is 6.26 Å². The lowest BCUT2D eigenvalue weighted by atomic mass is 10.1. The summed E-state index contributed by atoms with van der Waals surface area (Å²) in [7, 11) is 0. The summed E-state index contributed by atoms with van der Waals surface area (Å²) in [5, 5.41) is 11.6. The van der Waals surface area contributed by atoms with Gasteiger partial charge in [0.05, 0.1) is 11.8 Å². The van der Waals surface area contributed by atoms with Gasteiger partial charge in [-0.05, 0) is 38.5 Å². The van der Waals surface area contributed by atoms with Crippen molar-refractivity contribution < 1.29 is 19.1 Å². The minimum absolute atomic E-state index is 0.171. The SMILES string of the molecule is Cc1cc(CNC(=O)c2c(C)coc2CC(=O)O)cc(C)n1. The number of nitrogens with one attached hydrogen (secondary N) is 1. The number of rotatable bonds is 5.